The van der Waals surface area contributed by atoms with Crippen molar-refractivity contribution in [3.63, 3.8) is 0 Å². The topological polar surface area (TPSA) is 85.9 Å². The van der Waals surface area contributed by atoms with Gasteiger partial charge in [0, 0.05) is 6.54 Å². The molecule has 2 aromatic carbocycles. The zero-order chi connectivity index (χ0) is 24.6. The van der Waals surface area contributed by atoms with Gasteiger partial charge < -0.3 is 24.8 Å². The Hall–Kier alpha value is -3.50. The summed E-state index contributed by atoms with van der Waals surface area (Å²) in [6.45, 7) is 0.912. The van der Waals surface area contributed by atoms with Crippen molar-refractivity contribution in [1.29, 1.82) is 0 Å². The van der Waals surface area contributed by atoms with Crippen LogP contribution in [-0.2, 0) is 21.5 Å². The van der Waals surface area contributed by atoms with E-state index < -0.39 is 35.1 Å². The number of benzene rings is 2. The molecule has 33 heavy (non-hydrogen) atoms. The van der Waals surface area contributed by atoms with E-state index in [0.29, 0.717) is 11.5 Å². The highest BCUT2D eigenvalue weighted by Gasteiger charge is 2.64. The van der Waals surface area contributed by atoms with Gasteiger partial charge in [0.25, 0.3) is 5.54 Å². The van der Waals surface area contributed by atoms with E-state index in [1.165, 1.54) is 21.1 Å². The Morgan fingerprint density at radius 1 is 0.970 bits per heavy atom. The largest absolute Gasteiger partial charge is 0.493 e. The lowest BCUT2D eigenvalue weighted by Crippen LogP contribution is -2.63. The number of ether oxygens (including phenoxy) is 3. The number of alkyl halides is 3. The molecular formula is C22H24F4N2O5. The molecule has 0 fully saturated rings. The van der Waals surface area contributed by atoms with Crippen LogP contribution in [0.25, 0.3) is 0 Å². The Morgan fingerprint density at radius 3 is 2.15 bits per heavy atom. The van der Waals surface area contributed by atoms with E-state index >= 15 is 0 Å². The second kappa shape index (κ2) is 10.9. The van der Waals surface area contributed by atoms with Crippen LogP contribution in [0.4, 0.5) is 22.4 Å². The number of carbonyl (C=O) groups excluding carboxylic acids is 2. The Balaban J connectivity index is 2.23. The first-order valence-corrected chi connectivity index (χ1v) is 9.86. The van der Waals surface area contributed by atoms with E-state index in [0.717, 1.165) is 29.8 Å². The first-order chi connectivity index (χ1) is 15.6. The van der Waals surface area contributed by atoms with E-state index in [-0.39, 0.29) is 19.6 Å². The van der Waals surface area contributed by atoms with E-state index in [9.17, 15) is 27.2 Å². The normalized spacial score (nSPS) is 12.9. The minimum absolute atomic E-state index is 0.0541. The monoisotopic (exact) mass is 472 g/mol. The number of halogens is 4. The molecule has 1 atom stereocenters. The zero-order valence-electron chi connectivity index (χ0n) is 18.2. The lowest BCUT2D eigenvalue weighted by atomic mass is 9.89. The predicted octanol–water partition coefficient (Wildman–Crippen LogP) is 3.71. The van der Waals surface area contributed by atoms with Crippen LogP contribution >= 0.6 is 0 Å². The summed E-state index contributed by atoms with van der Waals surface area (Å²) in [5, 5.41) is 4.00. The lowest BCUT2D eigenvalue weighted by Gasteiger charge is -2.34. The van der Waals surface area contributed by atoms with Gasteiger partial charge in [0.05, 0.1) is 20.8 Å². The summed E-state index contributed by atoms with van der Waals surface area (Å²) in [6, 6.07) is 6.81. The Labute approximate surface area is 188 Å². The van der Waals surface area contributed by atoms with Crippen LogP contribution < -0.4 is 20.1 Å². The van der Waals surface area contributed by atoms with Gasteiger partial charge in [0.2, 0.25) is 0 Å². The molecule has 0 aliphatic heterocycles. The molecule has 0 aliphatic rings. The number of nitrogens with one attached hydrogen (secondary N) is 2. The summed E-state index contributed by atoms with van der Waals surface area (Å²) < 4.78 is 70.8. The molecule has 11 heteroatoms. The van der Waals surface area contributed by atoms with Crippen LogP contribution in [0.1, 0.15) is 18.1 Å². The van der Waals surface area contributed by atoms with Crippen molar-refractivity contribution in [1.82, 2.24) is 10.6 Å². The number of hydrogen-bond acceptors (Lipinski definition) is 5. The van der Waals surface area contributed by atoms with Gasteiger partial charge >= 0.3 is 18.2 Å². The van der Waals surface area contributed by atoms with Gasteiger partial charge in [-0.3, -0.25) is 0 Å². The Bertz CT molecular complexity index is 966. The van der Waals surface area contributed by atoms with Crippen molar-refractivity contribution in [2.75, 3.05) is 27.4 Å². The zero-order valence-corrected chi connectivity index (χ0v) is 18.2. The van der Waals surface area contributed by atoms with Crippen LogP contribution in [0.3, 0.4) is 0 Å². The molecule has 2 amide bonds. The number of amides is 2. The van der Waals surface area contributed by atoms with Crippen LogP contribution in [0.15, 0.2) is 42.5 Å². The minimum Gasteiger partial charge on any atom is -0.493 e. The first-order valence-electron chi connectivity index (χ1n) is 9.86. The van der Waals surface area contributed by atoms with Gasteiger partial charge in [-0.2, -0.15) is 13.2 Å². The molecule has 0 spiro atoms. The molecular weight excluding hydrogens is 448 g/mol. The highest BCUT2D eigenvalue weighted by Crippen LogP contribution is 2.40. The number of urea groups is 1. The molecule has 0 heterocycles. The van der Waals surface area contributed by atoms with Gasteiger partial charge in [0.15, 0.2) is 11.5 Å². The highest BCUT2D eigenvalue weighted by molar-refractivity contribution is 5.89. The van der Waals surface area contributed by atoms with Crippen molar-refractivity contribution in [2.24, 2.45) is 0 Å². The summed E-state index contributed by atoms with van der Waals surface area (Å²) in [6.07, 6.45) is -5.03. The fraction of sp³-hybridized carbons (Fsp3) is 0.364. The number of methoxy groups -OCH3 is 2. The van der Waals surface area contributed by atoms with Crippen molar-refractivity contribution in [3.8, 4) is 11.5 Å². The van der Waals surface area contributed by atoms with E-state index in [2.05, 4.69) is 10.1 Å². The van der Waals surface area contributed by atoms with Crippen molar-refractivity contribution in [2.45, 2.75) is 25.1 Å². The van der Waals surface area contributed by atoms with Gasteiger partial charge in [0.1, 0.15) is 5.82 Å². The first kappa shape index (κ1) is 25.8. The summed E-state index contributed by atoms with van der Waals surface area (Å²) >= 11 is 0. The maximum absolute atomic E-state index is 14.2. The smallest absolute Gasteiger partial charge is 0.426 e. The molecule has 0 unspecified atom stereocenters. The standard InChI is InChI=1S/C22H24F4N2O5/c1-4-33-19(29)21(22(24,25)26,15-6-8-16(23)9-7-15)28-20(30)27-12-11-14-5-10-17(31-2)18(13-14)32-3/h5-10,13H,4,11-12H2,1-3H3,(H2,27,28,30)/t21-/m1/s1. The van der Waals surface area contributed by atoms with Crippen molar-refractivity contribution >= 4 is 12.0 Å². The Morgan fingerprint density at radius 2 is 1.61 bits per heavy atom. The lowest BCUT2D eigenvalue weighted by molar-refractivity contribution is -0.214. The van der Waals surface area contributed by atoms with Crippen LogP contribution in [0.2, 0.25) is 0 Å². The molecule has 0 aromatic heterocycles. The third kappa shape index (κ3) is 5.85. The Kier molecular flexibility index (Phi) is 8.50. The second-order valence-corrected chi connectivity index (χ2v) is 6.80. The van der Waals surface area contributed by atoms with Crippen LogP contribution in [-0.4, -0.2) is 45.5 Å². The summed E-state index contributed by atoms with van der Waals surface area (Å²) in [7, 11) is 2.93. The molecule has 2 N–H and O–H groups in total. The fourth-order valence-corrected chi connectivity index (χ4v) is 3.10. The molecule has 0 saturated heterocycles. The van der Waals surface area contributed by atoms with Crippen molar-refractivity contribution in [3.05, 3.63) is 59.4 Å². The molecule has 0 radical (unpaired) electrons. The molecule has 0 saturated carbocycles. The van der Waals surface area contributed by atoms with Gasteiger partial charge in [-0.15, -0.1) is 0 Å². The summed E-state index contributed by atoms with van der Waals surface area (Å²) in [5.74, 6) is -1.60. The third-order valence-corrected chi connectivity index (χ3v) is 4.73. The summed E-state index contributed by atoms with van der Waals surface area (Å²) in [5.41, 5.74) is -3.49. The molecule has 0 bridgehead atoms. The highest BCUT2D eigenvalue weighted by atomic mass is 19.4. The average molecular weight is 472 g/mol. The quantitative estimate of drug-likeness (QED) is 0.429. The SMILES string of the molecule is CCOC(=O)[C@](NC(=O)NCCc1ccc(OC)c(OC)c1)(c1ccc(F)cc1)C(F)(F)F. The molecule has 7 nitrogen and oxygen atoms in total. The van der Waals surface area contributed by atoms with Gasteiger partial charge in [-0.1, -0.05) is 18.2 Å². The van der Waals surface area contributed by atoms with Gasteiger partial charge in [-0.05, 0) is 48.7 Å². The van der Waals surface area contributed by atoms with Crippen molar-refractivity contribution < 1.29 is 41.4 Å². The maximum Gasteiger partial charge on any atom is 0.426 e. The molecule has 2 aromatic rings. The second-order valence-electron chi connectivity index (χ2n) is 6.80. The number of rotatable bonds is 9. The molecule has 0 aliphatic carbocycles. The molecule has 180 valence electrons. The predicted molar refractivity (Wildman–Crippen MR) is 111 cm³/mol. The van der Waals surface area contributed by atoms with Gasteiger partial charge in [-0.25, -0.2) is 14.0 Å². The van der Waals surface area contributed by atoms with Crippen LogP contribution in [0, 0.1) is 5.82 Å². The number of carbonyl (C=O) groups is 2. The van der Waals surface area contributed by atoms with Crippen LogP contribution in [0.5, 0.6) is 11.5 Å². The molecule has 2 rings (SSSR count). The average Bonchev–Trinajstić information content (AvgIpc) is 2.77. The minimum atomic E-state index is -5.28. The third-order valence-electron chi connectivity index (χ3n) is 4.73. The maximum atomic E-state index is 14.2. The number of esters is 1. The fourth-order valence-electron chi connectivity index (χ4n) is 3.10. The van der Waals surface area contributed by atoms with E-state index in [4.69, 9.17) is 9.47 Å². The number of hydrogen-bond donors (Lipinski definition) is 2. The van der Waals surface area contributed by atoms with E-state index in [1.54, 1.807) is 23.5 Å². The summed E-state index contributed by atoms with van der Waals surface area (Å²) in [4.78, 5) is 24.9. The van der Waals surface area contributed by atoms with E-state index in [1.807, 2.05) is 0 Å².